The van der Waals surface area contributed by atoms with Gasteiger partial charge in [-0.1, -0.05) is 36.4 Å². The van der Waals surface area contributed by atoms with Gasteiger partial charge in [0.1, 0.15) is 17.7 Å². The first-order valence-electron chi connectivity index (χ1n) is 12.0. The minimum Gasteiger partial charge on any atom is -0.443 e. The predicted octanol–water partition coefficient (Wildman–Crippen LogP) is 4.18. The van der Waals surface area contributed by atoms with Crippen LogP contribution < -0.4 is 5.73 Å². The molecular weight excluding hydrogens is 482 g/mol. The molecule has 0 bridgehead atoms. The van der Waals surface area contributed by atoms with E-state index in [9.17, 15) is 4.79 Å². The molecule has 5 aromatic rings. The monoisotopic (exact) mass is 509 g/mol. The van der Waals surface area contributed by atoms with Crippen molar-refractivity contribution in [3.8, 4) is 23.2 Å². The van der Waals surface area contributed by atoms with Crippen LogP contribution in [0.1, 0.15) is 40.0 Å². The van der Waals surface area contributed by atoms with Crippen molar-refractivity contribution in [1.29, 1.82) is 0 Å². The lowest BCUT2D eigenvalue weighted by Gasteiger charge is -2.20. The van der Waals surface area contributed by atoms with Crippen molar-refractivity contribution >= 4 is 5.91 Å². The number of oxazole rings is 1. The second kappa shape index (κ2) is 10.3. The van der Waals surface area contributed by atoms with E-state index in [-0.39, 0.29) is 23.6 Å². The number of carbonyl (C=O) groups is 1. The molecule has 0 unspecified atom stereocenters. The Morgan fingerprint density at radius 1 is 1.00 bits per heavy atom. The van der Waals surface area contributed by atoms with E-state index in [0.29, 0.717) is 29.9 Å². The van der Waals surface area contributed by atoms with Crippen LogP contribution in [0.25, 0.3) is 23.2 Å². The Morgan fingerprint density at radius 2 is 1.76 bits per heavy atom. The summed E-state index contributed by atoms with van der Waals surface area (Å²) in [4.78, 5) is 28.1. The normalized spacial score (nSPS) is 12.7. The number of amides is 1. The van der Waals surface area contributed by atoms with Crippen LogP contribution in [0.15, 0.2) is 82.1 Å². The van der Waals surface area contributed by atoms with Crippen LogP contribution in [-0.4, -0.2) is 43.0 Å². The first kappa shape index (κ1) is 25.0. The molecule has 0 aliphatic rings. The zero-order chi connectivity index (χ0) is 26.7. The molecule has 4 aromatic heterocycles. The average molecular weight is 510 g/mol. The van der Waals surface area contributed by atoms with Crippen LogP contribution >= 0.6 is 0 Å². The number of rotatable bonds is 8. The van der Waals surface area contributed by atoms with Gasteiger partial charge in [0.2, 0.25) is 11.8 Å². The fraction of sp³-hybridized carbons (Fsp3) is 0.214. The molecule has 2 N–H and O–H groups in total. The van der Waals surface area contributed by atoms with E-state index in [4.69, 9.17) is 14.6 Å². The van der Waals surface area contributed by atoms with E-state index in [0.717, 1.165) is 16.8 Å². The molecule has 0 radical (unpaired) electrons. The maximum absolute atomic E-state index is 13.4. The fourth-order valence-electron chi connectivity index (χ4n) is 4.03. The standard InChI is InChI=1S/C28H27N7O3/c1-18-9-10-20(16-31-18)17-35(3)26(36)21-13-22(24-30-11-12-37-24)32-23(14-21)25-33-34-27(38-25)28(2,29)15-19-7-5-4-6-8-19/h4-14,16H,15,17,29H2,1-3H3/t28-/m1/s1. The smallest absolute Gasteiger partial charge is 0.266 e. The van der Waals surface area contributed by atoms with Crippen molar-refractivity contribution in [3.63, 3.8) is 0 Å². The highest BCUT2D eigenvalue weighted by Gasteiger charge is 2.29. The molecule has 0 aliphatic carbocycles. The number of aromatic nitrogens is 5. The summed E-state index contributed by atoms with van der Waals surface area (Å²) >= 11 is 0. The van der Waals surface area contributed by atoms with Crippen molar-refractivity contribution in [2.24, 2.45) is 5.73 Å². The van der Waals surface area contributed by atoms with Gasteiger partial charge in [-0.25, -0.2) is 9.97 Å². The summed E-state index contributed by atoms with van der Waals surface area (Å²) in [5.74, 6) is 0.433. The van der Waals surface area contributed by atoms with Crippen molar-refractivity contribution in [3.05, 3.63) is 102 Å². The molecule has 1 amide bonds. The molecule has 0 spiro atoms. The molecule has 0 aliphatic heterocycles. The zero-order valence-electron chi connectivity index (χ0n) is 21.3. The lowest BCUT2D eigenvalue weighted by Crippen LogP contribution is -2.35. The second-order valence-electron chi connectivity index (χ2n) is 9.42. The Morgan fingerprint density at radius 3 is 2.45 bits per heavy atom. The van der Waals surface area contributed by atoms with Crippen molar-refractivity contribution in [2.75, 3.05) is 7.05 Å². The van der Waals surface area contributed by atoms with Gasteiger partial charge in [-0.05, 0) is 49.6 Å². The number of pyridine rings is 2. The van der Waals surface area contributed by atoms with Crippen LogP contribution in [-0.2, 0) is 18.5 Å². The minimum atomic E-state index is -0.909. The molecule has 5 rings (SSSR count). The molecule has 1 aromatic carbocycles. The van der Waals surface area contributed by atoms with Gasteiger partial charge in [0.15, 0.2) is 0 Å². The third-order valence-corrected chi connectivity index (χ3v) is 6.01. The molecule has 1 atom stereocenters. The summed E-state index contributed by atoms with van der Waals surface area (Å²) in [6, 6.07) is 16.9. The van der Waals surface area contributed by atoms with Crippen LogP contribution in [0.4, 0.5) is 0 Å². The van der Waals surface area contributed by atoms with Crippen LogP contribution in [0, 0.1) is 6.92 Å². The summed E-state index contributed by atoms with van der Waals surface area (Å²) in [5.41, 5.74) is 9.56. The topological polar surface area (TPSA) is 137 Å². The highest BCUT2D eigenvalue weighted by molar-refractivity contribution is 5.95. The SMILES string of the molecule is Cc1ccc(CN(C)C(=O)c2cc(-c3ncco3)nc(-c3nnc([C@](C)(N)Cc4ccccc4)o3)c2)cn1. The molecule has 4 heterocycles. The van der Waals surface area contributed by atoms with Crippen molar-refractivity contribution in [1.82, 2.24) is 30.0 Å². The Labute approximate surface area is 219 Å². The Kier molecular flexibility index (Phi) is 6.80. The van der Waals surface area contributed by atoms with E-state index in [1.165, 1.54) is 12.5 Å². The highest BCUT2D eigenvalue weighted by atomic mass is 16.4. The van der Waals surface area contributed by atoms with Gasteiger partial charge >= 0.3 is 0 Å². The molecule has 192 valence electrons. The number of aryl methyl sites for hydroxylation is 1. The molecule has 0 saturated carbocycles. The van der Waals surface area contributed by atoms with Crippen LogP contribution in [0.5, 0.6) is 0 Å². The largest absolute Gasteiger partial charge is 0.443 e. The number of carbonyl (C=O) groups excluding carboxylic acids is 1. The quantitative estimate of drug-likeness (QED) is 0.326. The Bertz CT molecular complexity index is 1530. The second-order valence-corrected chi connectivity index (χ2v) is 9.42. The molecule has 10 nitrogen and oxygen atoms in total. The summed E-state index contributed by atoms with van der Waals surface area (Å²) in [5, 5.41) is 8.40. The third kappa shape index (κ3) is 5.50. The molecule has 0 saturated heterocycles. The van der Waals surface area contributed by atoms with Gasteiger partial charge in [0.25, 0.3) is 11.8 Å². The van der Waals surface area contributed by atoms with Gasteiger partial charge in [0.05, 0.1) is 11.7 Å². The van der Waals surface area contributed by atoms with E-state index < -0.39 is 5.54 Å². The molecular formula is C28H27N7O3. The van der Waals surface area contributed by atoms with Crippen LogP contribution in [0.3, 0.4) is 0 Å². The lowest BCUT2D eigenvalue weighted by atomic mass is 9.94. The average Bonchev–Trinajstić information content (AvgIpc) is 3.63. The molecule has 38 heavy (non-hydrogen) atoms. The summed E-state index contributed by atoms with van der Waals surface area (Å²) in [6.07, 6.45) is 5.21. The summed E-state index contributed by atoms with van der Waals surface area (Å²) in [6.45, 7) is 4.13. The highest BCUT2D eigenvalue weighted by Crippen LogP contribution is 2.28. The zero-order valence-corrected chi connectivity index (χ0v) is 21.3. The summed E-state index contributed by atoms with van der Waals surface area (Å²) in [7, 11) is 1.72. The maximum atomic E-state index is 13.4. The molecule has 0 fully saturated rings. The van der Waals surface area contributed by atoms with Gasteiger partial charge in [-0.3, -0.25) is 9.78 Å². The number of hydrogen-bond donors (Lipinski definition) is 1. The summed E-state index contributed by atoms with van der Waals surface area (Å²) < 4.78 is 11.4. The van der Waals surface area contributed by atoms with Gasteiger partial charge < -0.3 is 19.5 Å². The fourth-order valence-corrected chi connectivity index (χ4v) is 4.03. The number of benzene rings is 1. The minimum absolute atomic E-state index is 0.137. The number of nitrogens with zero attached hydrogens (tertiary/aromatic N) is 6. The molecule has 10 heteroatoms. The number of hydrogen-bond acceptors (Lipinski definition) is 9. The first-order chi connectivity index (χ1) is 18.3. The maximum Gasteiger partial charge on any atom is 0.266 e. The van der Waals surface area contributed by atoms with E-state index in [1.54, 1.807) is 30.3 Å². The predicted molar refractivity (Wildman–Crippen MR) is 139 cm³/mol. The third-order valence-electron chi connectivity index (χ3n) is 6.01. The van der Waals surface area contributed by atoms with E-state index in [2.05, 4.69) is 25.1 Å². The van der Waals surface area contributed by atoms with Crippen molar-refractivity contribution in [2.45, 2.75) is 32.4 Å². The van der Waals surface area contributed by atoms with E-state index in [1.807, 2.05) is 56.3 Å². The lowest BCUT2D eigenvalue weighted by molar-refractivity contribution is 0.0785. The van der Waals surface area contributed by atoms with Gasteiger partial charge in [-0.15, -0.1) is 10.2 Å². The number of nitrogens with two attached hydrogens (primary N) is 1. The van der Waals surface area contributed by atoms with Gasteiger partial charge in [0, 0.05) is 31.0 Å². The first-order valence-corrected chi connectivity index (χ1v) is 12.0. The van der Waals surface area contributed by atoms with E-state index >= 15 is 0 Å². The van der Waals surface area contributed by atoms with Crippen molar-refractivity contribution < 1.29 is 13.6 Å². The Balaban J connectivity index is 1.46. The van der Waals surface area contributed by atoms with Crippen LogP contribution in [0.2, 0.25) is 0 Å². The van der Waals surface area contributed by atoms with Gasteiger partial charge in [-0.2, -0.15) is 0 Å². The Hall–Kier alpha value is -4.70.